The first-order chi connectivity index (χ1) is 8.20. The van der Waals surface area contributed by atoms with Crippen LogP contribution in [-0.2, 0) is 9.53 Å². The van der Waals surface area contributed by atoms with Crippen LogP contribution in [0, 0.1) is 11.8 Å². The van der Waals surface area contributed by atoms with Crippen LogP contribution in [0.15, 0.2) is 0 Å². The van der Waals surface area contributed by atoms with E-state index in [1.54, 1.807) is 0 Å². The molecule has 0 N–H and O–H groups in total. The quantitative estimate of drug-likeness (QED) is 0.544. The number of hydrogen-bond acceptors (Lipinski definition) is 2. The van der Waals surface area contributed by atoms with E-state index < -0.39 is 22.6 Å². The first-order valence-electron chi connectivity index (χ1n) is 6.19. The van der Waals surface area contributed by atoms with Crippen molar-refractivity contribution in [2.45, 2.75) is 55.2 Å². The highest BCUT2D eigenvalue weighted by Crippen LogP contribution is 2.61. The highest BCUT2D eigenvalue weighted by Gasteiger charge is 2.60. The van der Waals surface area contributed by atoms with Crippen LogP contribution in [0.25, 0.3) is 0 Å². The lowest BCUT2D eigenvalue weighted by molar-refractivity contribution is -0.229. The minimum Gasteiger partial charge on any atom is -0.452 e. The Labute approximate surface area is 108 Å². The number of alkyl halides is 4. The second-order valence-corrected chi connectivity index (χ2v) is 6.98. The molecule has 4 saturated carbocycles. The summed E-state index contributed by atoms with van der Waals surface area (Å²) in [5, 5.41) is 0. The average Bonchev–Trinajstić information content (AvgIpc) is 2.10. The van der Waals surface area contributed by atoms with Crippen molar-refractivity contribution in [3.8, 4) is 0 Å². The van der Waals surface area contributed by atoms with Gasteiger partial charge in [-0.1, -0.05) is 0 Å². The molecule has 4 aliphatic carbocycles. The fraction of sp³-hybridized carbons (Fsp3) is 0.917. The summed E-state index contributed by atoms with van der Waals surface area (Å²) in [5.74, 6) is -1.45. The molecule has 4 bridgehead atoms. The maximum absolute atomic E-state index is 12.3. The third-order valence-electron chi connectivity index (χ3n) is 4.48. The number of rotatable bonds is 1. The maximum atomic E-state index is 12.3. The Bertz CT molecular complexity index is 379. The van der Waals surface area contributed by atoms with Crippen LogP contribution in [0.4, 0.5) is 13.2 Å². The third-order valence-corrected chi connectivity index (χ3v) is 4.92. The summed E-state index contributed by atoms with van der Waals surface area (Å²) < 4.78 is 41.8. The van der Waals surface area contributed by atoms with Crippen LogP contribution in [0.3, 0.4) is 0 Å². The minimum absolute atomic E-state index is 0.310. The lowest BCUT2D eigenvalue weighted by Gasteiger charge is -2.58. The van der Waals surface area contributed by atoms with E-state index in [1.165, 1.54) is 0 Å². The monoisotopic (exact) mass is 282 g/mol. The van der Waals surface area contributed by atoms with Crippen LogP contribution in [0.5, 0.6) is 0 Å². The molecule has 4 rings (SSSR count). The predicted molar refractivity (Wildman–Crippen MR) is 58.1 cm³/mol. The molecule has 0 saturated heterocycles. The van der Waals surface area contributed by atoms with Crippen molar-refractivity contribution >= 4 is 17.6 Å². The van der Waals surface area contributed by atoms with Gasteiger partial charge in [0.1, 0.15) is 5.60 Å². The van der Waals surface area contributed by atoms with Gasteiger partial charge in [-0.3, -0.25) is 0 Å². The van der Waals surface area contributed by atoms with Gasteiger partial charge >= 0.3 is 12.1 Å². The standard InChI is InChI=1S/C12H14ClF3O2/c13-10-2-7-1-8(3-10)5-11(4-7,6-10)18-9(17)12(14,15)16/h7-8H,1-6H2/t7-,8+,10?,11?. The smallest absolute Gasteiger partial charge is 0.452 e. The summed E-state index contributed by atoms with van der Waals surface area (Å²) in [5.41, 5.74) is -0.960. The number of esters is 1. The molecule has 0 aromatic carbocycles. The van der Waals surface area contributed by atoms with Crippen molar-refractivity contribution < 1.29 is 22.7 Å². The minimum atomic E-state index is -4.91. The summed E-state index contributed by atoms with van der Waals surface area (Å²) in [6.07, 6.45) is -0.759. The second-order valence-electron chi connectivity index (χ2n) is 6.18. The summed E-state index contributed by atoms with van der Waals surface area (Å²) >= 11 is 6.45. The van der Waals surface area contributed by atoms with Gasteiger partial charge in [-0.25, -0.2) is 4.79 Å². The third kappa shape index (κ3) is 2.00. The van der Waals surface area contributed by atoms with Crippen molar-refractivity contribution in [3.05, 3.63) is 0 Å². The molecule has 2 unspecified atom stereocenters. The molecule has 0 aromatic heterocycles. The Kier molecular flexibility index (Phi) is 2.48. The Hall–Kier alpha value is -0.450. The SMILES string of the molecule is O=C(OC12C[C@@H]3C[C@@H](CC(Cl)(C3)C1)C2)C(F)(F)F. The molecule has 0 aliphatic heterocycles. The van der Waals surface area contributed by atoms with Gasteiger partial charge in [-0.15, -0.1) is 11.6 Å². The van der Waals surface area contributed by atoms with Gasteiger partial charge in [-0.2, -0.15) is 13.2 Å². The van der Waals surface area contributed by atoms with E-state index in [4.69, 9.17) is 16.3 Å². The largest absolute Gasteiger partial charge is 0.490 e. The molecular weight excluding hydrogens is 269 g/mol. The number of ether oxygens (including phenoxy) is 1. The van der Waals surface area contributed by atoms with Crippen molar-refractivity contribution in [3.63, 3.8) is 0 Å². The molecule has 0 aromatic rings. The molecule has 102 valence electrons. The molecule has 2 nitrogen and oxygen atoms in total. The maximum Gasteiger partial charge on any atom is 0.490 e. The van der Waals surface area contributed by atoms with Gasteiger partial charge in [0.25, 0.3) is 0 Å². The molecule has 0 radical (unpaired) electrons. The van der Waals surface area contributed by atoms with E-state index in [2.05, 4.69) is 0 Å². The van der Waals surface area contributed by atoms with Crippen LogP contribution in [0.2, 0.25) is 0 Å². The summed E-state index contributed by atoms with van der Waals surface area (Å²) in [6, 6.07) is 0. The zero-order valence-corrected chi connectivity index (χ0v) is 10.5. The van der Waals surface area contributed by atoms with Gasteiger partial charge in [0.15, 0.2) is 0 Å². The number of hydrogen-bond donors (Lipinski definition) is 0. The predicted octanol–water partition coefficient (Wildman–Crippen LogP) is 3.42. The molecule has 18 heavy (non-hydrogen) atoms. The zero-order valence-electron chi connectivity index (χ0n) is 9.73. The Morgan fingerprint density at radius 1 is 1.17 bits per heavy atom. The van der Waals surface area contributed by atoms with Gasteiger partial charge in [0, 0.05) is 11.3 Å². The molecule has 4 fully saturated rings. The highest BCUT2D eigenvalue weighted by atomic mass is 35.5. The van der Waals surface area contributed by atoms with E-state index in [1.807, 2.05) is 0 Å². The van der Waals surface area contributed by atoms with Crippen LogP contribution in [0.1, 0.15) is 38.5 Å². The van der Waals surface area contributed by atoms with Gasteiger partial charge < -0.3 is 4.74 Å². The highest BCUT2D eigenvalue weighted by molar-refractivity contribution is 6.24. The summed E-state index contributed by atoms with van der Waals surface area (Å²) in [7, 11) is 0. The summed E-state index contributed by atoms with van der Waals surface area (Å²) in [4.78, 5) is 10.6. The summed E-state index contributed by atoms with van der Waals surface area (Å²) in [6.45, 7) is 0. The van der Waals surface area contributed by atoms with E-state index in [9.17, 15) is 18.0 Å². The second kappa shape index (κ2) is 3.56. The first-order valence-corrected chi connectivity index (χ1v) is 6.57. The Morgan fingerprint density at radius 2 is 1.72 bits per heavy atom. The van der Waals surface area contributed by atoms with E-state index in [0.717, 1.165) is 19.3 Å². The van der Waals surface area contributed by atoms with Crippen LogP contribution < -0.4 is 0 Å². The molecular formula is C12H14ClF3O2. The van der Waals surface area contributed by atoms with Crippen molar-refractivity contribution in [2.24, 2.45) is 11.8 Å². The lowest BCUT2D eigenvalue weighted by atomic mass is 9.54. The van der Waals surface area contributed by atoms with Crippen molar-refractivity contribution in [1.82, 2.24) is 0 Å². The molecule has 0 amide bonds. The van der Waals surface area contributed by atoms with Gasteiger partial charge in [-0.05, 0) is 43.9 Å². The average molecular weight is 283 g/mol. The fourth-order valence-electron chi connectivity index (χ4n) is 4.44. The van der Waals surface area contributed by atoms with Crippen LogP contribution >= 0.6 is 11.6 Å². The van der Waals surface area contributed by atoms with E-state index >= 15 is 0 Å². The first kappa shape index (κ1) is 12.6. The van der Waals surface area contributed by atoms with Crippen molar-refractivity contribution in [1.29, 1.82) is 0 Å². The fourth-order valence-corrected chi connectivity index (χ4v) is 5.12. The van der Waals surface area contributed by atoms with E-state index in [-0.39, 0.29) is 0 Å². The number of carbonyl (C=O) groups excluding carboxylic acids is 1. The molecule has 0 spiro atoms. The molecule has 4 atom stereocenters. The Balaban J connectivity index is 1.81. The molecule has 4 aliphatic rings. The van der Waals surface area contributed by atoms with E-state index in [0.29, 0.717) is 31.1 Å². The van der Waals surface area contributed by atoms with Gasteiger partial charge in [0.2, 0.25) is 0 Å². The van der Waals surface area contributed by atoms with Gasteiger partial charge in [0.05, 0.1) is 0 Å². The molecule has 6 heteroatoms. The normalized spacial score (nSPS) is 46.2. The lowest BCUT2D eigenvalue weighted by Crippen LogP contribution is -2.59. The topological polar surface area (TPSA) is 26.3 Å². The number of carbonyl (C=O) groups is 1. The Morgan fingerprint density at radius 3 is 2.17 bits per heavy atom. The van der Waals surface area contributed by atoms with Crippen molar-refractivity contribution in [2.75, 3.05) is 0 Å². The van der Waals surface area contributed by atoms with Crippen LogP contribution in [-0.4, -0.2) is 22.6 Å². The molecule has 0 heterocycles. The number of halogens is 4. The zero-order chi connectivity index (χ0) is 13.2.